The van der Waals surface area contributed by atoms with Crippen LogP contribution in [0.3, 0.4) is 0 Å². The number of nitrogens with one attached hydrogen (secondary N) is 4. The van der Waals surface area contributed by atoms with Crippen LogP contribution in [0.5, 0.6) is 0 Å². The maximum absolute atomic E-state index is 13.1. The lowest BCUT2D eigenvalue weighted by Gasteiger charge is -2.49. The summed E-state index contributed by atoms with van der Waals surface area (Å²) in [6.07, 6.45) is 2.99. The number of carbonyl (C=O) groups is 3. The third-order valence-corrected chi connectivity index (χ3v) is 6.57. The van der Waals surface area contributed by atoms with Gasteiger partial charge in [-0.15, -0.1) is 0 Å². The van der Waals surface area contributed by atoms with Crippen molar-refractivity contribution in [3.05, 3.63) is 34.4 Å². The average molecular weight is 444 g/mol. The SMILES string of the molecule is CCC1CCCCN1C1NC(=O)C2C(NC(=O)CC2C(=O)Nc2cccc([N+](=O)[O-])c2)N1. The fourth-order valence-electron chi connectivity index (χ4n) is 4.97. The Bertz CT molecular complexity index is 924. The fraction of sp³-hybridized carbons (Fsp3) is 0.571. The summed E-state index contributed by atoms with van der Waals surface area (Å²) in [6, 6.07) is 5.90. The second-order valence-electron chi connectivity index (χ2n) is 8.55. The number of non-ortho nitro benzene ring substituents is 1. The topological polar surface area (TPSA) is 146 Å². The normalized spacial score (nSPS) is 30.6. The van der Waals surface area contributed by atoms with Crippen molar-refractivity contribution in [2.75, 3.05) is 11.9 Å². The summed E-state index contributed by atoms with van der Waals surface area (Å²) in [7, 11) is 0. The molecule has 4 N–H and O–H groups in total. The Morgan fingerprint density at radius 1 is 1.28 bits per heavy atom. The Hall–Kier alpha value is -3.05. The third kappa shape index (κ3) is 4.44. The van der Waals surface area contributed by atoms with Crippen LogP contribution in [0.2, 0.25) is 0 Å². The lowest BCUT2D eigenvalue weighted by molar-refractivity contribution is -0.384. The summed E-state index contributed by atoms with van der Waals surface area (Å²) in [5.41, 5.74) is 0.0851. The highest BCUT2D eigenvalue weighted by Gasteiger charge is 2.49. The van der Waals surface area contributed by atoms with E-state index in [4.69, 9.17) is 0 Å². The maximum Gasteiger partial charge on any atom is 0.271 e. The first kappa shape index (κ1) is 22.2. The van der Waals surface area contributed by atoms with Gasteiger partial charge in [0.2, 0.25) is 17.7 Å². The van der Waals surface area contributed by atoms with Gasteiger partial charge in [0.25, 0.3) is 5.69 Å². The van der Waals surface area contributed by atoms with E-state index in [0.717, 1.165) is 32.2 Å². The Morgan fingerprint density at radius 2 is 2.09 bits per heavy atom. The number of carbonyl (C=O) groups excluding carboxylic acids is 3. The minimum Gasteiger partial charge on any atom is -0.340 e. The van der Waals surface area contributed by atoms with Gasteiger partial charge in [-0.25, -0.2) is 0 Å². The molecule has 0 saturated carbocycles. The predicted octanol–water partition coefficient (Wildman–Crippen LogP) is 0.879. The van der Waals surface area contributed by atoms with E-state index in [1.165, 1.54) is 24.3 Å². The van der Waals surface area contributed by atoms with E-state index in [2.05, 4.69) is 33.1 Å². The Kier molecular flexibility index (Phi) is 6.38. The number of piperidine rings is 2. The molecular weight excluding hydrogens is 416 g/mol. The van der Waals surface area contributed by atoms with Crippen molar-refractivity contribution >= 4 is 29.1 Å². The second-order valence-corrected chi connectivity index (χ2v) is 8.55. The van der Waals surface area contributed by atoms with Crippen molar-refractivity contribution in [3.63, 3.8) is 0 Å². The molecule has 0 aromatic heterocycles. The van der Waals surface area contributed by atoms with E-state index in [1.54, 1.807) is 0 Å². The zero-order valence-corrected chi connectivity index (χ0v) is 17.9. The number of hydrogen-bond donors (Lipinski definition) is 4. The van der Waals surface area contributed by atoms with Gasteiger partial charge in [-0.1, -0.05) is 19.4 Å². The molecule has 172 valence electrons. The maximum atomic E-state index is 13.1. The first-order valence-electron chi connectivity index (χ1n) is 11.0. The molecule has 3 amide bonds. The second kappa shape index (κ2) is 9.21. The van der Waals surface area contributed by atoms with Gasteiger partial charge in [-0.05, 0) is 25.3 Å². The largest absolute Gasteiger partial charge is 0.340 e. The van der Waals surface area contributed by atoms with E-state index >= 15 is 0 Å². The van der Waals surface area contributed by atoms with Crippen molar-refractivity contribution in [3.8, 4) is 0 Å². The van der Waals surface area contributed by atoms with Crippen LogP contribution in [0.1, 0.15) is 39.0 Å². The van der Waals surface area contributed by atoms with Gasteiger partial charge >= 0.3 is 0 Å². The lowest BCUT2D eigenvalue weighted by atomic mass is 9.81. The Labute approximate surface area is 185 Å². The molecular formula is C21H28N6O5. The zero-order valence-electron chi connectivity index (χ0n) is 17.9. The van der Waals surface area contributed by atoms with Gasteiger partial charge in [0.05, 0.1) is 22.9 Å². The van der Waals surface area contributed by atoms with Gasteiger partial charge in [0.1, 0.15) is 6.29 Å². The van der Waals surface area contributed by atoms with Crippen LogP contribution in [0.25, 0.3) is 0 Å². The van der Waals surface area contributed by atoms with Crippen molar-refractivity contribution in [2.45, 2.75) is 57.5 Å². The van der Waals surface area contributed by atoms with Crippen LogP contribution in [-0.4, -0.2) is 52.6 Å². The fourth-order valence-corrected chi connectivity index (χ4v) is 4.97. The number of hydrogen-bond acceptors (Lipinski definition) is 7. The molecule has 1 aromatic rings. The standard InChI is InChI=1S/C21H28N6O5/c1-2-13-7-3-4-9-26(13)21-24-18-17(20(30)25-21)15(11-16(28)23-18)19(29)22-12-6-5-8-14(10-12)27(31)32/h5-6,8,10,13,15,17-18,21,24H,2-4,7,9,11H2,1H3,(H,22,29)(H,23,28)(H,25,30). The number of rotatable bonds is 5. The summed E-state index contributed by atoms with van der Waals surface area (Å²) in [5.74, 6) is -2.82. The van der Waals surface area contributed by atoms with Crippen LogP contribution in [-0.2, 0) is 14.4 Å². The van der Waals surface area contributed by atoms with E-state index < -0.39 is 35.1 Å². The number of likely N-dealkylation sites (tertiary alicyclic amines) is 1. The van der Waals surface area contributed by atoms with Crippen molar-refractivity contribution in [1.29, 1.82) is 0 Å². The zero-order chi connectivity index (χ0) is 22.8. The minimum absolute atomic E-state index is 0.136. The minimum atomic E-state index is -0.898. The lowest BCUT2D eigenvalue weighted by Crippen LogP contribution is -2.75. The van der Waals surface area contributed by atoms with E-state index in [-0.39, 0.29) is 29.6 Å². The summed E-state index contributed by atoms with van der Waals surface area (Å²) in [4.78, 5) is 51.1. The summed E-state index contributed by atoms with van der Waals surface area (Å²) < 4.78 is 0. The molecule has 32 heavy (non-hydrogen) atoms. The number of fused-ring (bicyclic) bond motifs is 1. The number of benzene rings is 1. The first-order chi connectivity index (χ1) is 15.4. The monoisotopic (exact) mass is 444 g/mol. The van der Waals surface area contributed by atoms with Crippen LogP contribution in [0, 0.1) is 22.0 Å². The number of anilines is 1. The van der Waals surface area contributed by atoms with Crippen LogP contribution in [0.15, 0.2) is 24.3 Å². The van der Waals surface area contributed by atoms with E-state index in [0.29, 0.717) is 6.04 Å². The van der Waals surface area contributed by atoms with Gasteiger partial charge in [0, 0.05) is 36.8 Å². The van der Waals surface area contributed by atoms with E-state index in [9.17, 15) is 24.5 Å². The molecule has 3 aliphatic heterocycles. The smallest absolute Gasteiger partial charge is 0.271 e. The molecule has 4 rings (SSSR count). The highest BCUT2D eigenvalue weighted by atomic mass is 16.6. The van der Waals surface area contributed by atoms with Crippen molar-refractivity contribution in [1.82, 2.24) is 20.9 Å². The average Bonchev–Trinajstić information content (AvgIpc) is 2.78. The van der Waals surface area contributed by atoms with Gasteiger partial charge in [-0.3, -0.25) is 34.7 Å². The number of amides is 3. The van der Waals surface area contributed by atoms with E-state index in [1.807, 2.05) is 0 Å². The third-order valence-electron chi connectivity index (χ3n) is 6.57. The van der Waals surface area contributed by atoms with Crippen molar-refractivity contribution < 1.29 is 19.3 Å². The molecule has 0 bridgehead atoms. The molecule has 3 saturated heterocycles. The van der Waals surface area contributed by atoms with Crippen LogP contribution < -0.4 is 21.3 Å². The summed E-state index contributed by atoms with van der Waals surface area (Å²) in [6.45, 7) is 2.96. The number of nitrogens with zero attached hydrogens (tertiary/aromatic N) is 2. The quantitative estimate of drug-likeness (QED) is 0.389. The molecule has 5 unspecified atom stereocenters. The van der Waals surface area contributed by atoms with Crippen molar-refractivity contribution in [2.24, 2.45) is 11.8 Å². The van der Waals surface area contributed by atoms with Gasteiger partial charge in [-0.2, -0.15) is 0 Å². The molecule has 0 aliphatic carbocycles. The van der Waals surface area contributed by atoms with Gasteiger partial charge < -0.3 is 16.0 Å². The number of nitro groups is 1. The molecule has 11 heteroatoms. The summed E-state index contributed by atoms with van der Waals surface area (Å²) >= 11 is 0. The molecule has 3 heterocycles. The summed E-state index contributed by atoms with van der Waals surface area (Å²) in [5, 5.41) is 22.8. The molecule has 5 atom stereocenters. The highest BCUT2D eigenvalue weighted by molar-refractivity contribution is 6.00. The molecule has 3 aliphatic rings. The Balaban J connectivity index is 1.50. The molecule has 0 spiro atoms. The molecule has 11 nitrogen and oxygen atoms in total. The van der Waals surface area contributed by atoms with Crippen LogP contribution >= 0.6 is 0 Å². The van der Waals surface area contributed by atoms with Crippen LogP contribution in [0.4, 0.5) is 11.4 Å². The Morgan fingerprint density at radius 3 is 2.84 bits per heavy atom. The predicted molar refractivity (Wildman–Crippen MR) is 115 cm³/mol. The first-order valence-corrected chi connectivity index (χ1v) is 11.0. The highest BCUT2D eigenvalue weighted by Crippen LogP contribution is 2.30. The molecule has 0 radical (unpaired) electrons. The number of nitro benzene ring substituents is 1. The molecule has 1 aromatic carbocycles. The van der Waals surface area contributed by atoms with Gasteiger partial charge in [0.15, 0.2) is 0 Å². The molecule has 3 fully saturated rings.